The third-order valence-corrected chi connectivity index (χ3v) is 4.98. The van der Waals surface area contributed by atoms with Crippen LogP contribution in [-0.2, 0) is 14.8 Å². The number of rotatable bonds is 12. The molecular weight excluding hydrogens is 400 g/mol. The van der Waals surface area contributed by atoms with Gasteiger partial charge in [-0.05, 0) is 25.0 Å². The van der Waals surface area contributed by atoms with Crippen LogP contribution in [0.2, 0.25) is 0 Å². The second-order valence-electron chi connectivity index (χ2n) is 6.94. The maximum Gasteiger partial charge on any atom is 0.303 e. The lowest BCUT2D eigenvalue weighted by atomic mass is 10.1. The summed E-state index contributed by atoms with van der Waals surface area (Å²) in [6, 6.07) is 2.68. The number of nitrogens with one attached hydrogen (secondary N) is 1. The molecule has 0 atom stereocenters. The van der Waals surface area contributed by atoms with Crippen molar-refractivity contribution in [1.29, 1.82) is 0 Å². The maximum atomic E-state index is 12.6. The van der Waals surface area contributed by atoms with Crippen LogP contribution in [0.25, 0.3) is 0 Å². The predicted octanol–water partition coefficient (Wildman–Crippen LogP) is 2.48. The van der Waals surface area contributed by atoms with E-state index >= 15 is 0 Å². The minimum absolute atomic E-state index is 0.0271. The van der Waals surface area contributed by atoms with Crippen molar-refractivity contribution in [2.24, 2.45) is 0 Å². The molecule has 2 N–H and O–H groups in total. The molecule has 9 nitrogen and oxygen atoms in total. The Morgan fingerprint density at radius 1 is 1.10 bits per heavy atom. The number of carbonyl (C=O) groups is 3. The molecule has 160 valence electrons. The van der Waals surface area contributed by atoms with Crippen LogP contribution in [0.5, 0.6) is 5.75 Å². The number of carboxylic acid groups (broad SMARTS) is 1. The molecule has 0 bridgehead atoms. The highest BCUT2D eigenvalue weighted by molar-refractivity contribution is 7.92. The average molecular weight is 426 g/mol. The van der Waals surface area contributed by atoms with Gasteiger partial charge in [-0.2, -0.15) is 0 Å². The fourth-order valence-corrected chi connectivity index (χ4v) is 3.58. The number of amides is 2. The first-order valence-corrected chi connectivity index (χ1v) is 11.4. The van der Waals surface area contributed by atoms with E-state index in [1.807, 2.05) is 0 Å². The molecule has 2 rings (SSSR count). The summed E-state index contributed by atoms with van der Waals surface area (Å²) in [6.07, 6.45) is 4.81. The lowest BCUT2D eigenvalue weighted by Gasteiger charge is -2.13. The normalized spacial score (nSPS) is 13.5. The number of fused-ring (bicyclic) bond motifs is 1. The summed E-state index contributed by atoms with van der Waals surface area (Å²) >= 11 is 0. The van der Waals surface area contributed by atoms with E-state index in [0.29, 0.717) is 6.61 Å². The van der Waals surface area contributed by atoms with Crippen molar-refractivity contribution < 1.29 is 32.6 Å². The molecule has 29 heavy (non-hydrogen) atoms. The first kappa shape index (κ1) is 22.7. The number of ether oxygens (including phenoxy) is 1. The Bertz CT molecular complexity index is 896. The van der Waals surface area contributed by atoms with Gasteiger partial charge in [0.25, 0.3) is 11.8 Å². The third-order valence-electron chi connectivity index (χ3n) is 4.39. The van der Waals surface area contributed by atoms with Gasteiger partial charge in [-0.25, -0.2) is 8.42 Å². The van der Waals surface area contributed by atoms with E-state index in [1.165, 1.54) is 12.1 Å². The molecule has 1 aliphatic heterocycles. The number of hydrogen-bond acceptors (Lipinski definition) is 6. The van der Waals surface area contributed by atoms with Gasteiger partial charge in [0.1, 0.15) is 5.75 Å². The first-order valence-electron chi connectivity index (χ1n) is 9.50. The summed E-state index contributed by atoms with van der Waals surface area (Å²) < 4.78 is 31.4. The summed E-state index contributed by atoms with van der Waals surface area (Å²) in [5.41, 5.74) is 0.276. The fourth-order valence-electron chi connectivity index (χ4n) is 3.02. The van der Waals surface area contributed by atoms with Crippen LogP contribution in [0.3, 0.4) is 0 Å². The maximum absolute atomic E-state index is 12.6. The highest BCUT2D eigenvalue weighted by atomic mass is 32.2. The standard InChI is InChI=1S/C19H26N2O7S/c1-3-4-5-6-10-28-16-12-14-13(11-15(16)20-29(2,26)27)18(24)21(19(14)25)9-7-8-17(22)23/h11-12,20H,3-10H2,1-2H3,(H,22,23). The number of hydrogen-bond donors (Lipinski definition) is 2. The molecule has 10 heteroatoms. The van der Waals surface area contributed by atoms with E-state index in [2.05, 4.69) is 11.6 Å². The van der Waals surface area contributed by atoms with Crippen molar-refractivity contribution in [3.8, 4) is 5.75 Å². The van der Waals surface area contributed by atoms with Gasteiger partial charge in [0, 0.05) is 13.0 Å². The zero-order chi connectivity index (χ0) is 21.6. The third kappa shape index (κ3) is 6.18. The van der Waals surface area contributed by atoms with Crippen LogP contribution in [0.1, 0.15) is 66.2 Å². The molecule has 0 radical (unpaired) electrons. The fraction of sp³-hybridized carbons (Fsp3) is 0.526. The Kier molecular flexibility index (Phi) is 7.60. The zero-order valence-corrected chi connectivity index (χ0v) is 17.4. The van der Waals surface area contributed by atoms with Gasteiger partial charge >= 0.3 is 5.97 Å². The number of benzene rings is 1. The smallest absolute Gasteiger partial charge is 0.303 e. The second kappa shape index (κ2) is 9.73. The number of carbonyl (C=O) groups excluding carboxylic acids is 2. The van der Waals surface area contributed by atoms with E-state index in [-0.39, 0.29) is 42.0 Å². The number of carboxylic acids is 1. The molecule has 0 saturated carbocycles. The summed E-state index contributed by atoms with van der Waals surface area (Å²) in [7, 11) is -3.63. The minimum Gasteiger partial charge on any atom is -0.491 e. The molecule has 1 aliphatic rings. The van der Waals surface area contributed by atoms with Gasteiger partial charge in [-0.1, -0.05) is 26.2 Å². The number of sulfonamides is 1. The van der Waals surface area contributed by atoms with Gasteiger partial charge in [0.2, 0.25) is 10.0 Å². The molecule has 0 aromatic heterocycles. The predicted molar refractivity (Wildman–Crippen MR) is 107 cm³/mol. The minimum atomic E-state index is -3.63. The van der Waals surface area contributed by atoms with E-state index in [0.717, 1.165) is 36.8 Å². The highest BCUT2D eigenvalue weighted by Crippen LogP contribution is 2.34. The summed E-state index contributed by atoms with van der Waals surface area (Å²) in [5.74, 6) is -1.96. The quantitative estimate of drug-likeness (QED) is 0.388. The number of unbranched alkanes of at least 4 members (excludes halogenated alkanes) is 3. The van der Waals surface area contributed by atoms with Crippen molar-refractivity contribution >= 4 is 33.5 Å². The first-order chi connectivity index (χ1) is 13.6. The molecule has 0 saturated heterocycles. The van der Waals surface area contributed by atoms with E-state index in [4.69, 9.17) is 9.84 Å². The molecule has 0 aliphatic carbocycles. The lowest BCUT2D eigenvalue weighted by Crippen LogP contribution is -2.31. The summed E-state index contributed by atoms with van der Waals surface area (Å²) in [5, 5.41) is 8.74. The Morgan fingerprint density at radius 2 is 1.76 bits per heavy atom. The van der Waals surface area contributed by atoms with Gasteiger partial charge in [0.15, 0.2) is 0 Å². The van der Waals surface area contributed by atoms with Crippen molar-refractivity contribution in [3.05, 3.63) is 23.3 Å². The lowest BCUT2D eigenvalue weighted by molar-refractivity contribution is -0.137. The molecule has 0 fully saturated rings. The van der Waals surface area contributed by atoms with E-state index in [9.17, 15) is 22.8 Å². The molecular formula is C19H26N2O7S. The largest absolute Gasteiger partial charge is 0.491 e. The molecule has 1 aromatic rings. The van der Waals surface area contributed by atoms with Gasteiger partial charge in [0.05, 0.1) is 29.7 Å². The van der Waals surface area contributed by atoms with E-state index < -0.39 is 27.8 Å². The van der Waals surface area contributed by atoms with Crippen molar-refractivity contribution in [2.45, 2.75) is 45.4 Å². The number of imide groups is 1. The van der Waals surface area contributed by atoms with Crippen LogP contribution >= 0.6 is 0 Å². The Morgan fingerprint density at radius 3 is 2.34 bits per heavy atom. The van der Waals surface area contributed by atoms with Crippen molar-refractivity contribution in [2.75, 3.05) is 24.1 Å². The van der Waals surface area contributed by atoms with Gasteiger partial charge in [-0.3, -0.25) is 24.0 Å². The summed E-state index contributed by atoms with van der Waals surface area (Å²) in [4.78, 5) is 36.8. The number of aliphatic carboxylic acids is 1. The Balaban J connectivity index is 2.25. The van der Waals surface area contributed by atoms with Crippen LogP contribution in [-0.4, -0.2) is 55.6 Å². The van der Waals surface area contributed by atoms with Crippen LogP contribution in [0, 0.1) is 0 Å². The second-order valence-corrected chi connectivity index (χ2v) is 8.68. The van der Waals surface area contributed by atoms with E-state index in [1.54, 1.807) is 0 Å². The highest BCUT2D eigenvalue weighted by Gasteiger charge is 2.36. The molecule has 0 spiro atoms. The summed E-state index contributed by atoms with van der Waals surface area (Å²) in [6.45, 7) is 2.41. The molecule has 1 heterocycles. The monoisotopic (exact) mass is 426 g/mol. The van der Waals surface area contributed by atoms with Gasteiger partial charge in [-0.15, -0.1) is 0 Å². The molecule has 0 unspecified atom stereocenters. The van der Waals surface area contributed by atoms with Crippen molar-refractivity contribution in [1.82, 2.24) is 4.90 Å². The van der Waals surface area contributed by atoms with Crippen LogP contribution in [0.15, 0.2) is 12.1 Å². The van der Waals surface area contributed by atoms with Gasteiger partial charge < -0.3 is 9.84 Å². The number of anilines is 1. The molecule has 2 amide bonds. The number of nitrogens with zero attached hydrogens (tertiary/aromatic N) is 1. The van der Waals surface area contributed by atoms with Crippen LogP contribution < -0.4 is 9.46 Å². The zero-order valence-electron chi connectivity index (χ0n) is 16.6. The Hall–Kier alpha value is -2.62. The topological polar surface area (TPSA) is 130 Å². The average Bonchev–Trinajstić information content (AvgIpc) is 2.84. The van der Waals surface area contributed by atoms with Crippen LogP contribution in [0.4, 0.5) is 5.69 Å². The Labute approximate surface area is 170 Å². The van der Waals surface area contributed by atoms with Crippen molar-refractivity contribution in [3.63, 3.8) is 0 Å². The molecule has 1 aromatic carbocycles. The SMILES string of the molecule is CCCCCCOc1cc2c(cc1NS(C)(=O)=O)C(=O)N(CCCC(=O)O)C2=O.